The molecule has 3 aromatic rings. The highest BCUT2D eigenvalue weighted by molar-refractivity contribution is 7.14. The molecule has 2 heterocycles. The van der Waals surface area contributed by atoms with Crippen LogP contribution in [-0.4, -0.2) is 26.6 Å². The molecule has 1 aromatic carbocycles. The third kappa shape index (κ3) is 5.29. The van der Waals surface area contributed by atoms with Crippen molar-refractivity contribution in [3.05, 3.63) is 57.7 Å². The predicted octanol–water partition coefficient (Wildman–Crippen LogP) is 5.51. The zero-order chi connectivity index (χ0) is 21.9. The molecule has 0 atom stereocenters. The molecule has 0 aliphatic carbocycles. The summed E-state index contributed by atoms with van der Waals surface area (Å²) in [6, 6.07) is 6.62. The van der Waals surface area contributed by atoms with Crippen molar-refractivity contribution in [2.45, 2.75) is 33.3 Å². The van der Waals surface area contributed by atoms with Crippen molar-refractivity contribution in [3.8, 4) is 11.3 Å². The van der Waals surface area contributed by atoms with Crippen LogP contribution in [0.3, 0.4) is 0 Å². The zero-order valence-corrected chi connectivity index (χ0v) is 17.7. The van der Waals surface area contributed by atoms with Crippen LogP contribution in [0.2, 0.25) is 0 Å². The molecule has 0 saturated heterocycles. The number of carbonyl (C=O) groups is 1. The molecule has 0 saturated carbocycles. The molecule has 0 fully saturated rings. The first-order chi connectivity index (χ1) is 14.1. The van der Waals surface area contributed by atoms with Crippen LogP contribution in [-0.2, 0) is 4.74 Å². The van der Waals surface area contributed by atoms with Gasteiger partial charge in [-0.3, -0.25) is 20.4 Å². The second-order valence-electron chi connectivity index (χ2n) is 7.47. The standard InChI is InChI=1S/C20H21N5O4S/c1-12-8-15(24-19(26)29-20(2,3)4)17(25(27)28)9-14(12)22-18-23-16(11-30-18)13-6-5-7-21-10-13/h5-11H,1-4H3,(H,22,23)(H,24,26). The number of nitro groups is 1. The van der Waals surface area contributed by atoms with Gasteiger partial charge in [0.1, 0.15) is 11.3 Å². The normalized spacial score (nSPS) is 11.1. The fraction of sp³-hybridized carbons (Fsp3) is 0.250. The topological polar surface area (TPSA) is 119 Å². The lowest BCUT2D eigenvalue weighted by Crippen LogP contribution is -2.27. The second kappa shape index (κ2) is 8.46. The summed E-state index contributed by atoms with van der Waals surface area (Å²) in [5.41, 5.74) is 1.94. The van der Waals surface area contributed by atoms with E-state index in [1.54, 1.807) is 40.1 Å². The van der Waals surface area contributed by atoms with Crippen LogP contribution in [0.4, 0.5) is 27.0 Å². The molecule has 9 nitrogen and oxygen atoms in total. The van der Waals surface area contributed by atoms with Crippen LogP contribution < -0.4 is 10.6 Å². The number of thiazole rings is 1. The zero-order valence-electron chi connectivity index (χ0n) is 16.9. The van der Waals surface area contributed by atoms with Crippen molar-refractivity contribution in [2.75, 3.05) is 10.6 Å². The third-order valence-electron chi connectivity index (χ3n) is 3.88. The van der Waals surface area contributed by atoms with Gasteiger partial charge in [-0.15, -0.1) is 11.3 Å². The summed E-state index contributed by atoms with van der Waals surface area (Å²) in [6.07, 6.45) is 2.64. The molecule has 10 heteroatoms. The Balaban J connectivity index is 1.84. The Bertz CT molecular complexity index is 1080. The fourth-order valence-electron chi connectivity index (χ4n) is 2.59. The van der Waals surface area contributed by atoms with Gasteiger partial charge in [-0.1, -0.05) is 0 Å². The molecule has 156 valence electrons. The highest BCUT2D eigenvalue weighted by atomic mass is 32.1. The number of aromatic nitrogens is 2. The van der Waals surface area contributed by atoms with E-state index in [1.165, 1.54) is 23.5 Å². The third-order valence-corrected chi connectivity index (χ3v) is 4.64. The number of nitrogens with zero attached hydrogens (tertiary/aromatic N) is 3. The van der Waals surface area contributed by atoms with Crippen molar-refractivity contribution in [3.63, 3.8) is 0 Å². The first kappa shape index (κ1) is 21.2. The van der Waals surface area contributed by atoms with E-state index in [9.17, 15) is 14.9 Å². The van der Waals surface area contributed by atoms with Crippen LogP contribution in [0.15, 0.2) is 42.0 Å². The number of rotatable bonds is 5. The summed E-state index contributed by atoms with van der Waals surface area (Å²) >= 11 is 1.37. The van der Waals surface area contributed by atoms with Crippen molar-refractivity contribution in [1.82, 2.24) is 9.97 Å². The van der Waals surface area contributed by atoms with Crippen molar-refractivity contribution in [1.29, 1.82) is 0 Å². The molecule has 3 rings (SSSR count). The highest BCUT2D eigenvalue weighted by Crippen LogP contribution is 2.34. The van der Waals surface area contributed by atoms with Gasteiger partial charge >= 0.3 is 6.09 Å². The highest BCUT2D eigenvalue weighted by Gasteiger charge is 2.22. The SMILES string of the molecule is Cc1cc(NC(=O)OC(C)(C)C)c([N+](=O)[O-])cc1Nc1nc(-c2cccnc2)cs1. The van der Waals surface area contributed by atoms with E-state index in [0.29, 0.717) is 16.4 Å². The van der Waals surface area contributed by atoms with Gasteiger partial charge in [-0.05, 0) is 51.5 Å². The van der Waals surface area contributed by atoms with Gasteiger partial charge in [0.25, 0.3) is 5.69 Å². The first-order valence-corrected chi connectivity index (χ1v) is 9.92. The molecule has 0 radical (unpaired) electrons. The molecular weight excluding hydrogens is 406 g/mol. The number of nitro benzene ring substituents is 1. The molecule has 0 spiro atoms. The van der Waals surface area contributed by atoms with Gasteiger partial charge in [0.15, 0.2) is 5.13 Å². The monoisotopic (exact) mass is 427 g/mol. The Kier molecular flexibility index (Phi) is 5.97. The quantitative estimate of drug-likeness (QED) is 0.407. The summed E-state index contributed by atoms with van der Waals surface area (Å²) in [5, 5.41) is 19.6. The van der Waals surface area contributed by atoms with Gasteiger partial charge in [-0.2, -0.15) is 0 Å². The van der Waals surface area contributed by atoms with Crippen LogP contribution in [0, 0.1) is 17.0 Å². The Labute approximate surface area is 177 Å². The summed E-state index contributed by atoms with van der Waals surface area (Å²) in [6.45, 7) is 6.93. The van der Waals surface area contributed by atoms with Gasteiger partial charge in [0.2, 0.25) is 0 Å². The number of amides is 1. The number of hydrogen-bond acceptors (Lipinski definition) is 8. The number of ether oxygens (including phenoxy) is 1. The van der Waals surface area contributed by atoms with Gasteiger partial charge in [-0.25, -0.2) is 9.78 Å². The summed E-state index contributed by atoms with van der Waals surface area (Å²) in [7, 11) is 0. The van der Waals surface area contributed by atoms with E-state index < -0.39 is 16.6 Å². The summed E-state index contributed by atoms with van der Waals surface area (Å²) in [5.74, 6) is 0. The molecule has 30 heavy (non-hydrogen) atoms. The molecular formula is C20H21N5O4S. The molecule has 2 aromatic heterocycles. The van der Waals surface area contributed by atoms with Crippen LogP contribution in [0.5, 0.6) is 0 Å². The van der Waals surface area contributed by atoms with Crippen LogP contribution in [0.25, 0.3) is 11.3 Å². The van der Waals surface area contributed by atoms with E-state index in [0.717, 1.165) is 11.3 Å². The minimum absolute atomic E-state index is 0.0625. The lowest BCUT2D eigenvalue weighted by Gasteiger charge is -2.20. The average molecular weight is 427 g/mol. The lowest BCUT2D eigenvalue weighted by molar-refractivity contribution is -0.383. The Morgan fingerprint density at radius 3 is 2.67 bits per heavy atom. The number of hydrogen-bond donors (Lipinski definition) is 2. The van der Waals surface area contributed by atoms with Gasteiger partial charge < -0.3 is 10.1 Å². The number of pyridine rings is 1. The Morgan fingerprint density at radius 1 is 1.27 bits per heavy atom. The van der Waals surface area contributed by atoms with Gasteiger partial charge in [0.05, 0.1) is 16.3 Å². The largest absolute Gasteiger partial charge is 0.444 e. The maximum Gasteiger partial charge on any atom is 0.412 e. The Hall–Kier alpha value is -3.53. The maximum absolute atomic E-state index is 12.0. The van der Waals surface area contributed by atoms with Crippen LogP contribution in [0.1, 0.15) is 26.3 Å². The van der Waals surface area contributed by atoms with E-state index >= 15 is 0 Å². The molecule has 0 unspecified atom stereocenters. The van der Waals surface area contributed by atoms with Gasteiger partial charge in [0, 0.05) is 29.4 Å². The Morgan fingerprint density at radius 2 is 2.03 bits per heavy atom. The lowest BCUT2D eigenvalue weighted by atomic mass is 10.1. The van der Waals surface area contributed by atoms with E-state index in [4.69, 9.17) is 4.74 Å². The summed E-state index contributed by atoms with van der Waals surface area (Å²) < 4.78 is 5.19. The molecule has 0 aliphatic rings. The smallest absolute Gasteiger partial charge is 0.412 e. The summed E-state index contributed by atoms with van der Waals surface area (Å²) in [4.78, 5) is 31.6. The number of nitrogens with one attached hydrogen (secondary N) is 2. The first-order valence-electron chi connectivity index (χ1n) is 9.04. The molecule has 1 amide bonds. The maximum atomic E-state index is 12.0. The average Bonchev–Trinajstić information content (AvgIpc) is 3.11. The van der Waals surface area contributed by atoms with E-state index in [1.807, 2.05) is 17.5 Å². The fourth-order valence-corrected chi connectivity index (χ4v) is 3.32. The minimum Gasteiger partial charge on any atom is -0.444 e. The van der Waals surface area contributed by atoms with Crippen molar-refractivity contribution >= 4 is 39.6 Å². The van der Waals surface area contributed by atoms with Crippen molar-refractivity contribution < 1.29 is 14.5 Å². The van der Waals surface area contributed by atoms with E-state index in [2.05, 4.69) is 20.6 Å². The number of carbonyl (C=O) groups excluding carboxylic acids is 1. The second-order valence-corrected chi connectivity index (χ2v) is 8.33. The van der Waals surface area contributed by atoms with Crippen molar-refractivity contribution in [2.24, 2.45) is 0 Å². The molecule has 2 N–H and O–H groups in total. The van der Waals surface area contributed by atoms with E-state index in [-0.39, 0.29) is 11.4 Å². The predicted molar refractivity (Wildman–Crippen MR) is 116 cm³/mol. The van der Waals surface area contributed by atoms with Crippen LogP contribution >= 0.6 is 11.3 Å². The molecule has 0 aliphatic heterocycles. The number of anilines is 3. The minimum atomic E-state index is -0.758. The number of benzene rings is 1. The number of aryl methyl sites for hydroxylation is 1. The molecule has 0 bridgehead atoms.